The smallest absolute Gasteiger partial charge is 0.173 e. The van der Waals surface area contributed by atoms with Crippen molar-refractivity contribution in [3.63, 3.8) is 0 Å². The van der Waals surface area contributed by atoms with Crippen molar-refractivity contribution < 1.29 is 20.9 Å². The Hall–Kier alpha value is -3.54. The minimum absolute atomic E-state index is 0.0959. The summed E-state index contributed by atoms with van der Waals surface area (Å²) in [6, 6.07) is 19.2. The first-order valence-electron chi connectivity index (χ1n) is 9.63. The summed E-state index contributed by atoms with van der Waals surface area (Å²) < 4.78 is 0. The Morgan fingerprint density at radius 3 is 1.50 bits per heavy atom. The van der Waals surface area contributed by atoms with Crippen LogP contribution in [0.2, 0.25) is 0 Å². The third-order valence-corrected chi connectivity index (χ3v) is 5.40. The molecule has 0 aliphatic carbocycles. The van der Waals surface area contributed by atoms with Gasteiger partial charge in [0.1, 0.15) is 0 Å². The van der Waals surface area contributed by atoms with Gasteiger partial charge in [-0.1, -0.05) is 41.4 Å². The van der Waals surface area contributed by atoms with Gasteiger partial charge in [0.15, 0.2) is 11.4 Å². The van der Waals surface area contributed by atoms with Gasteiger partial charge >= 0.3 is 0 Å². The van der Waals surface area contributed by atoms with Gasteiger partial charge in [-0.25, -0.2) is 10.4 Å². The molecule has 2 unspecified atom stereocenters. The number of nitrogens with one attached hydrogen (secondary N) is 2. The minimum Gasteiger partial charge on any atom is -0.595 e. The molecule has 170 valence electrons. The first-order chi connectivity index (χ1) is 16.2. The molecule has 0 saturated carbocycles. The van der Waals surface area contributed by atoms with E-state index < -0.39 is 10.5 Å². The third kappa shape index (κ3) is 5.87. The van der Waals surface area contributed by atoms with E-state index in [-0.39, 0.29) is 43.7 Å². The van der Waals surface area contributed by atoms with Gasteiger partial charge in [-0.15, -0.1) is 0 Å². The Morgan fingerprint density at radius 2 is 1.15 bits per heavy atom. The number of nitrogens with zero attached hydrogens (tertiary/aromatic N) is 2. The predicted molar refractivity (Wildman–Crippen MR) is 128 cm³/mol. The molecule has 0 radical (unpaired) electrons. The lowest BCUT2D eigenvalue weighted by Crippen LogP contribution is -2.99. The Bertz CT molecular complexity index is 1270. The van der Waals surface area contributed by atoms with E-state index in [1.807, 2.05) is 12.1 Å². The maximum atomic E-state index is 11.6. The zero-order valence-electron chi connectivity index (χ0n) is 17.3. The summed E-state index contributed by atoms with van der Waals surface area (Å²) in [6.45, 7) is 0. The number of hydrogen-bond acceptors (Lipinski definition) is 6. The summed E-state index contributed by atoms with van der Waals surface area (Å²) in [7, 11) is 0. The highest BCUT2D eigenvalue weighted by Crippen LogP contribution is 2.30. The molecule has 8 nitrogen and oxygen atoms in total. The molecule has 0 aliphatic heterocycles. The summed E-state index contributed by atoms with van der Waals surface area (Å²) in [6.07, 6.45) is 3.15. The molecule has 2 atom stereocenters. The van der Waals surface area contributed by atoms with Crippen molar-refractivity contribution >= 4 is 56.8 Å². The summed E-state index contributed by atoms with van der Waals surface area (Å²) >= 11 is 12.8. The van der Waals surface area contributed by atoms with Gasteiger partial charge in [-0.2, -0.15) is 21.0 Å². The molecule has 34 heavy (non-hydrogen) atoms. The first-order valence-corrected chi connectivity index (χ1v) is 10.4. The summed E-state index contributed by atoms with van der Waals surface area (Å²) in [4.78, 5) is 0. The lowest BCUT2D eigenvalue weighted by molar-refractivity contribution is -0.991. The molecule has 4 N–H and O–H groups in total. The van der Waals surface area contributed by atoms with Gasteiger partial charge in [0.2, 0.25) is 0 Å². The van der Waals surface area contributed by atoms with Gasteiger partial charge < -0.3 is 10.4 Å². The van der Waals surface area contributed by atoms with Crippen molar-refractivity contribution in [2.75, 3.05) is 0 Å². The van der Waals surface area contributed by atoms with Crippen LogP contribution in [0.15, 0.2) is 60.7 Å². The van der Waals surface area contributed by atoms with Crippen LogP contribution >= 0.6 is 23.2 Å². The SMILES string of the molecule is N#Cc1ccc(C(Cl)=Cc2cccc(C=C(Cl)c3ccc(C#N)cc3[NH+]([O-])O)c2)c([NH+]([O-])O)c1. The molecule has 0 amide bonds. The van der Waals surface area contributed by atoms with Crippen molar-refractivity contribution in [1.82, 2.24) is 0 Å². The van der Waals surface area contributed by atoms with Crippen LogP contribution in [0, 0.1) is 33.1 Å². The van der Waals surface area contributed by atoms with Crippen LogP contribution in [0.4, 0.5) is 11.4 Å². The van der Waals surface area contributed by atoms with E-state index in [2.05, 4.69) is 0 Å². The third-order valence-electron chi connectivity index (χ3n) is 4.77. The van der Waals surface area contributed by atoms with Crippen molar-refractivity contribution in [2.45, 2.75) is 0 Å². The van der Waals surface area contributed by atoms with Crippen LogP contribution in [-0.4, -0.2) is 10.4 Å². The minimum atomic E-state index is -1.21. The zero-order valence-corrected chi connectivity index (χ0v) is 18.8. The Labute approximate surface area is 204 Å². The maximum absolute atomic E-state index is 11.6. The van der Waals surface area contributed by atoms with E-state index in [0.29, 0.717) is 11.1 Å². The van der Waals surface area contributed by atoms with E-state index in [1.54, 1.807) is 36.4 Å². The van der Waals surface area contributed by atoms with Crippen LogP contribution in [0.1, 0.15) is 33.4 Å². The molecule has 0 spiro atoms. The van der Waals surface area contributed by atoms with Crippen molar-refractivity contribution in [2.24, 2.45) is 0 Å². The molecule has 3 rings (SSSR count). The van der Waals surface area contributed by atoms with Crippen LogP contribution in [0.5, 0.6) is 0 Å². The van der Waals surface area contributed by atoms with E-state index >= 15 is 0 Å². The highest BCUT2D eigenvalue weighted by Gasteiger charge is 2.15. The van der Waals surface area contributed by atoms with Gasteiger partial charge in [-0.05, 0) is 53.6 Å². The Morgan fingerprint density at radius 1 is 0.735 bits per heavy atom. The number of hydrogen-bond donors (Lipinski definition) is 4. The molecule has 0 aromatic heterocycles. The van der Waals surface area contributed by atoms with Gasteiger partial charge in [0.25, 0.3) is 0 Å². The summed E-state index contributed by atoms with van der Waals surface area (Å²) in [5.74, 6) is 0. The number of halogens is 2. The van der Waals surface area contributed by atoms with E-state index in [4.69, 9.17) is 33.7 Å². The lowest BCUT2D eigenvalue weighted by atomic mass is 10.0. The molecule has 0 saturated heterocycles. The molecular formula is C24H16Cl2N4O4. The molecule has 0 fully saturated rings. The maximum Gasteiger partial charge on any atom is 0.173 e. The Balaban J connectivity index is 1.98. The summed E-state index contributed by atoms with van der Waals surface area (Å²) in [5, 5.41) is 58.1. The van der Waals surface area contributed by atoms with E-state index in [9.17, 15) is 20.8 Å². The van der Waals surface area contributed by atoms with Gasteiger partial charge in [0, 0.05) is 12.1 Å². The fourth-order valence-corrected chi connectivity index (χ4v) is 3.77. The summed E-state index contributed by atoms with van der Waals surface area (Å²) in [5.41, 5.74) is 2.02. The fourth-order valence-electron chi connectivity index (χ4n) is 3.18. The standard InChI is InChI=1S/C24H16Cl2N4O4/c25-21(19-6-4-17(13-27)11-23(19)29(31)32)9-15-2-1-3-16(8-15)10-22(26)20-7-5-18(14-28)12-24(20)30(33)34/h1-12,29-31,33H. The molecule has 3 aromatic rings. The van der Waals surface area contributed by atoms with Crippen molar-refractivity contribution in [3.8, 4) is 12.1 Å². The number of benzene rings is 3. The van der Waals surface area contributed by atoms with Crippen LogP contribution in [-0.2, 0) is 0 Å². The average Bonchev–Trinajstić information content (AvgIpc) is 2.83. The number of rotatable bonds is 6. The van der Waals surface area contributed by atoms with Crippen LogP contribution in [0.25, 0.3) is 22.2 Å². The molecule has 0 aliphatic rings. The zero-order chi connectivity index (χ0) is 24.8. The molecule has 10 heteroatoms. The molecule has 0 heterocycles. The predicted octanol–water partition coefficient (Wildman–Crippen LogP) is 3.71. The van der Waals surface area contributed by atoms with Crippen molar-refractivity contribution in [3.05, 3.63) is 104 Å². The molecular weight excluding hydrogens is 479 g/mol. The van der Waals surface area contributed by atoms with E-state index in [0.717, 1.165) is 0 Å². The van der Waals surface area contributed by atoms with Gasteiger partial charge in [-0.3, -0.25) is 0 Å². The first kappa shape index (κ1) is 25.1. The normalized spacial score (nSPS) is 13.6. The quantitative estimate of drug-likeness (QED) is 0.303. The topological polar surface area (TPSA) is 143 Å². The lowest BCUT2D eigenvalue weighted by Gasteiger charge is -2.16. The number of nitriles is 2. The highest BCUT2D eigenvalue weighted by molar-refractivity contribution is 6.52. The monoisotopic (exact) mass is 494 g/mol. The fraction of sp³-hybridized carbons (Fsp3) is 0. The Kier molecular flexibility index (Phi) is 8.16. The second-order valence-corrected chi connectivity index (χ2v) is 7.82. The van der Waals surface area contributed by atoms with E-state index in [1.165, 1.54) is 36.4 Å². The average molecular weight is 495 g/mol. The van der Waals surface area contributed by atoms with Gasteiger partial charge in [0.05, 0.1) is 44.5 Å². The van der Waals surface area contributed by atoms with Crippen molar-refractivity contribution in [1.29, 1.82) is 10.5 Å². The van der Waals surface area contributed by atoms with Crippen LogP contribution < -0.4 is 10.5 Å². The molecule has 3 aromatic carbocycles. The largest absolute Gasteiger partial charge is 0.595 e. The highest BCUT2D eigenvalue weighted by atomic mass is 35.5. The number of quaternary nitrogens is 2. The van der Waals surface area contributed by atoms with Crippen LogP contribution in [0.3, 0.4) is 0 Å². The second kappa shape index (κ2) is 11.1. The molecule has 0 bridgehead atoms. The second-order valence-electron chi connectivity index (χ2n) is 7.01.